The molecule has 0 fully saturated rings. The largest absolute Gasteiger partial charge is 0.309 e. The van der Waals surface area contributed by atoms with Gasteiger partial charge in [-0.3, -0.25) is 0 Å². The zero-order valence-electron chi connectivity index (χ0n) is 29.1. The Morgan fingerprint density at radius 2 is 0.963 bits per heavy atom. The van der Waals surface area contributed by atoms with E-state index in [0.29, 0.717) is 5.82 Å². The van der Waals surface area contributed by atoms with E-state index in [0.717, 1.165) is 50.1 Å². The third kappa shape index (κ3) is 5.03. The lowest BCUT2D eigenvalue weighted by molar-refractivity contribution is 1.18. The van der Waals surface area contributed by atoms with Crippen LogP contribution < -0.4 is 0 Å². The van der Waals surface area contributed by atoms with Gasteiger partial charge in [0.25, 0.3) is 0 Å². The molecule has 3 nitrogen and oxygen atoms in total. The average molecular weight is 706 g/mol. The average Bonchev–Trinajstić information content (AvgIpc) is 3.79. The summed E-state index contributed by atoms with van der Waals surface area (Å²) in [7, 11) is 0. The quantitative estimate of drug-likeness (QED) is 0.178. The van der Waals surface area contributed by atoms with Gasteiger partial charge in [0.2, 0.25) is 0 Å². The maximum Gasteiger partial charge on any atom is 0.160 e. The Labute approximate surface area is 316 Å². The molecule has 3 aromatic heterocycles. The molecule has 11 aromatic rings. The molecule has 4 heteroatoms. The van der Waals surface area contributed by atoms with Gasteiger partial charge in [0.15, 0.2) is 5.82 Å². The first-order valence-electron chi connectivity index (χ1n) is 18.2. The van der Waals surface area contributed by atoms with E-state index in [1.165, 1.54) is 47.5 Å². The fraction of sp³-hybridized carbons (Fsp3) is 0. The Kier molecular flexibility index (Phi) is 7.04. The van der Waals surface area contributed by atoms with Crippen molar-refractivity contribution in [3.05, 3.63) is 188 Å². The van der Waals surface area contributed by atoms with Crippen LogP contribution in [0.15, 0.2) is 188 Å². The van der Waals surface area contributed by atoms with Crippen LogP contribution in [-0.4, -0.2) is 14.5 Å². The third-order valence-electron chi connectivity index (χ3n) is 10.6. The number of hydrogen-bond donors (Lipinski definition) is 0. The fourth-order valence-electron chi connectivity index (χ4n) is 8.00. The SMILES string of the molecule is c1ccc(-c2nc(-c3cccc(-c4ccc5c(c4)sc4ccccc45)c3)nc3ccc(-c4ccc5c6ccccc6n(-c6ccccc6)c5c4)cc23)cc1. The van der Waals surface area contributed by atoms with Crippen LogP contribution in [0.25, 0.3) is 103 Å². The van der Waals surface area contributed by atoms with E-state index in [4.69, 9.17) is 9.97 Å². The molecule has 0 amide bonds. The normalized spacial score (nSPS) is 11.7. The van der Waals surface area contributed by atoms with E-state index in [1.54, 1.807) is 0 Å². The molecule has 0 saturated carbocycles. The maximum absolute atomic E-state index is 5.31. The molecule has 0 atom stereocenters. The summed E-state index contributed by atoms with van der Waals surface area (Å²) < 4.78 is 4.98. The molecule has 0 spiro atoms. The van der Waals surface area contributed by atoms with Crippen molar-refractivity contribution in [2.75, 3.05) is 0 Å². The lowest BCUT2D eigenvalue weighted by atomic mass is 9.98. The molecule has 0 bridgehead atoms. The van der Waals surface area contributed by atoms with E-state index in [1.807, 2.05) is 11.3 Å². The van der Waals surface area contributed by atoms with Gasteiger partial charge < -0.3 is 4.57 Å². The predicted molar refractivity (Wildman–Crippen MR) is 229 cm³/mol. The van der Waals surface area contributed by atoms with Gasteiger partial charge in [-0.25, -0.2) is 9.97 Å². The molecule has 11 rings (SSSR count). The van der Waals surface area contributed by atoms with Gasteiger partial charge in [0.05, 0.1) is 22.2 Å². The summed E-state index contributed by atoms with van der Waals surface area (Å²) in [5.74, 6) is 0.715. The molecule has 0 aliphatic carbocycles. The Morgan fingerprint density at radius 3 is 1.83 bits per heavy atom. The number of fused-ring (bicyclic) bond motifs is 7. The second kappa shape index (κ2) is 12.4. The van der Waals surface area contributed by atoms with Crippen LogP contribution >= 0.6 is 11.3 Å². The standard InChI is InChI=1S/C50H31N3S/c1-3-12-32(13-4-1)49-43-29-34(35-22-25-40-39-18-7-9-20-45(39)53(46(40)30-35)38-16-5-2-6-17-38)24-27-44(43)51-50(52-49)37-15-11-14-33(28-37)36-23-26-42-41-19-8-10-21-47(41)54-48(42)31-36/h1-31H. The maximum atomic E-state index is 5.31. The van der Waals surface area contributed by atoms with Crippen LogP contribution in [0.5, 0.6) is 0 Å². The number of rotatable bonds is 5. The lowest BCUT2D eigenvalue weighted by Gasteiger charge is -2.13. The Bertz CT molecular complexity index is 3210. The van der Waals surface area contributed by atoms with Gasteiger partial charge in [-0.05, 0) is 76.9 Å². The molecule has 0 saturated heterocycles. The predicted octanol–water partition coefficient (Wildman–Crippen LogP) is 13.8. The molecule has 0 aliphatic rings. The van der Waals surface area contributed by atoms with Gasteiger partial charge in [0, 0.05) is 53.1 Å². The smallest absolute Gasteiger partial charge is 0.160 e. The monoisotopic (exact) mass is 705 g/mol. The highest BCUT2D eigenvalue weighted by molar-refractivity contribution is 7.25. The summed E-state index contributed by atoms with van der Waals surface area (Å²) in [6.07, 6.45) is 0. The summed E-state index contributed by atoms with van der Waals surface area (Å²) in [6, 6.07) is 67.3. The van der Waals surface area contributed by atoms with Gasteiger partial charge in [0.1, 0.15) is 0 Å². The molecule has 3 heterocycles. The van der Waals surface area contributed by atoms with Crippen LogP contribution in [-0.2, 0) is 0 Å². The second-order valence-corrected chi connectivity index (χ2v) is 14.9. The van der Waals surface area contributed by atoms with Crippen LogP contribution in [0.4, 0.5) is 0 Å². The van der Waals surface area contributed by atoms with E-state index < -0.39 is 0 Å². The number of thiophene rings is 1. The van der Waals surface area contributed by atoms with Crippen molar-refractivity contribution in [2.45, 2.75) is 0 Å². The minimum atomic E-state index is 0.715. The van der Waals surface area contributed by atoms with Crippen molar-refractivity contribution < 1.29 is 0 Å². The number of aromatic nitrogens is 3. The van der Waals surface area contributed by atoms with Crippen molar-refractivity contribution in [1.82, 2.24) is 14.5 Å². The van der Waals surface area contributed by atoms with E-state index in [2.05, 4.69) is 193 Å². The summed E-state index contributed by atoms with van der Waals surface area (Å²) >= 11 is 1.85. The zero-order chi connectivity index (χ0) is 35.6. The molecular formula is C50H31N3S. The second-order valence-electron chi connectivity index (χ2n) is 13.8. The Morgan fingerprint density at radius 1 is 0.352 bits per heavy atom. The molecule has 252 valence electrons. The van der Waals surface area contributed by atoms with Gasteiger partial charge in [-0.1, -0.05) is 133 Å². The van der Waals surface area contributed by atoms with Crippen molar-refractivity contribution in [3.8, 4) is 50.6 Å². The number of para-hydroxylation sites is 2. The lowest BCUT2D eigenvalue weighted by Crippen LogP contribution is -1.96. The Balaban J connectivity index is 1.04. The summed E-state index contributed by atoms with van der Waals surface area (Å²) in [5.41, 5.74) is 12.0. The number of hydrogen-bond acceptors (Lipinski definition) is 3. The summed E-state index contributed by atoms with van der Waals surface area (Å²) in [4.78, 5) is 10.5. The molecule has 0 N–H and O–H groups in total. The first kappa shape index (κ1) is 30.7. The highest BCUT2D eigenvalue weighted by Crippen LogP contribution is 2.39. The van der Waals surface area contributed by atoms with Crippen LogP contribution in [0, 0.1) is 0 Å². The van der Waals surface area contributed by atoms with E-state index in [-0.39, 0.29) is 0 Å². The molecular weight excluding hydrogens is 675 g/mol. The van der Waals surface area contributed by atoms with Crippen LogP contribution in [0.3, 0.4) is 0 Å². The minimum Gasteiger partial charge on any atom is -0.309 e. The van der Waals surface area contributed by atoms with E-state index >= 15 is 0 Å². The van der Waals surface area contributed by atoms with Gasteiger partial charge >= 0.3 is 0 Å². The van der Waals surface area contributed by atoms with Crippen molar-refractivity contribution in [2.24, 2.45) is 0 Å². The molecule has 0 aliphatic heterocycles. The van der Waals surface area contributed by atoms with E-state index in [9.17, 15) is 0 Å². The fourth-order valence-corrected chi connectivity index (χ4v) is 9.15. The van der Waals surface area contributed by atoms with Crippen molar-refractivity contribution in [1.29, 1.82) is 0 Å². The molecule has 54 heavy (non-hydrogen) atoms. The Hall–Kier alpha value is -6.88. The van der Waals surface area contributed by atoms with Crippen LogP contribution in [0.2, 0.25) is 0 Å². The summed E-state index contributed by atoms with van der Waals surface area (Å²) in [6.45, 7) is 0. The van der Waals surface area contributed by atoms with Crippen molar-refractivity contribution >= 4 is 64.2 Å². The first-order valence-corrected chi connectivity index (χ1v) is 19.1. The zero-order valence-corrected chi connectivity index (χ0v) is 30.0. The minimum absolute atomic E-state index is 0.715. The molecule has 0 radical (unpaired) electrons. The third-order valence-corrected chi connectivity index (χ3v) is 11.7. The van der Waals surface area contributed by atoms with Crippen molar-refractivity contribution in [3.63, 3.8) is 0 Å². The highest BCUT2D eigenvalue weighted by Gasteiger charge is 2.16. The number of benzene rings is 8. The van der Waals surface area contributed by atoms with Crippen LogP contribution in [0.1, 0.15) is 0 Å². The van der Waals surface area contributed by atoms with Gasteiger partial charge in [-0.15, -0.1) is 11.3 Å². The first-order chi connectivity index (χ1) is 26.7. The summed E-state index contributed by atoms with van der Waals surface area (Å²) in [5, 5.41) is 6.13. The molecule has 8 aromatic carbocycles. The molecule has 0 unspecified atom stereocenters. The number of nitrogens with zero attached hydrogens (tertiary/aromatic N) is 3. The topological polar surface area (TPSA) is 30.7 Å². The highest BCUT2D eigenvalue weighted by atomic mass is 32.1. The van der Waals surface area contributed by atoms with Gasteiger partial charge in [-0.2, -0.15) is 0 Å².